The van der Waals surface area contributed by atoms with Gasteiger partial charge in [0.25, 0.3) is 0 Å². The number of sulfone groups is 1. The maximum atomic E-state index is 11.4. The number of rotatable bonds is 4. The van der Waals surface area contributed by atoms with Crippen molar-refractivity contribution in [2.24, 2.45) is 5.14 Å². The van der Waals surface area contributed by atoms with E-state index in [2.05, 4.69) is 5.32 Å². The summed E-state index contributed by atoms with van der Waals surface area (Å²) in [6.45, 7) is 1.57. The molecule has 0 aliphatic carbocycles. The molecule has 0 unspecified atom stereocenters. The maximum Gasteiger partial charge on any atom is 0.239 e. The number of primary sulfonamides is 1. The molecule has 0 atom stereocenters. The van der Waals surface area contributed by atoms with E-state index in [9.17, 15) is 21.6 Å². The van der Waals surface area contributed by atoms with Crippen molar-refractivity contribution in [3.8, 4) is 0 Å². The molecule has 1 aromatic carbocycles. The van der Waals surface area contributed by atoms with Crippen molar-refractivity contribution in [3.05, 3.63) is 23.8 Å². The lowest BCUT2D eigenvalue weighted by molar-refractivity contribution is -0.113. The van der Waals surface area contributed by atoms with Gasteiger partial charge in [-0.3, -0.25) is 4.79 Å². The highest BCUT2D eigenvalue weighted by atomic mass is 32.2. The first-order valence-corrected chi connectivity index (χ1v) is 8.71. The van der Waals surface area contributed by atoms with E-state index in [0.717, 1.165) is 6.26 Å². The van der Waals surface area contributed by atoms with Crippen molar-refractivity contribution in [2.45, 2.75) is 11.8 Å². The Morgan fingerprint density at radius 1 is 1.26 bits per heavy atom. The van der Waals surface area contributed by atoms with E-state index < -0.39 is 31.5 Å². The van der Waals surface area contributed by atoms with E-state index >= 15 is 0 Å². The van der Waals surface area contributed by atoms with Gasteiger partial charge in [-0.05, 0) is 30.7 Å². The van der Waals surface area contributed by atoms with Crippen molar-refractivity contribution in [1.82, 2.24) is 0 Å². The first-order chi connectivity index (χ1) is 8.49. The number of aryl methyl sites for hydroxylation is 1. The molecule has 0 aliphatic heterocycles. The fourth-order valence-corrected chi connectivity index (χ4v) is 2.53. The molecule has 7 nitrogen and oxygen atoms in total. The fourth-order valence-electron chi connectivity index (χ4n) is 1.38. The van der Waals surface area contributed by atoms with Gasteiger partial charge >= 0.3 is 0 Å². The smallest absolute Gasteiger partial charge is 0.239 e. The van der Waals surface area contributed by atoms with Crippen molar-refractivity contribution in [2.75, 3.05) is 17.3 Å². The van der Waals surface area contributed by atoms with Gasteiger partial charge in [-0.1, -0.05) is 0 Å². The molecule has 9 heteroatoms. The van der Waals surface area contributed by atoms with Crippen LogP contribution in [0.2, 0.25) is 0 Å². The number of hydrogen-bond acceptors (Lipinski definition) is 5. The molecule has 19 heavy (non-hydrogen) atoms. The van der Waals surface area contributed by atoms with Crippen LogP contribution < -0.4 is 10.5 Å². The Morgan fingerprint density at radius 3 is 2.26 bits per heavy atom. The quantitative estimate of drug-likeness (QED) is 0.785. The van der Waals surface area contributed by atoms with E-state index in [-0.39, 0.29) is 4.90 Å². The molecule has 1 aromatic rings. The highest BCUT2D eigenvalue weighted by molar-refractivity contribution is 7.91. The lowest BCUT2D eigenvalue weighted by Crippen LogP contribution is -2.22. The molecule has 0 bridgehead atoms. The van der Waals surface area contributed by atoms with Crippen LogP contribution in [-0.2, 0) is 24.7 Å². The monoisotopic (exact) mass is 306 g/mol. The number of sulfonamides is 1. The molecule has 0 spiro atoms. The predicted molar refractivity (Wildman–Crippen MR) is 70.9 cm³/mol. The number of anilines is 1. The fraction of sp³-hybridized carbons (Fsp3) is 0.300. The van der Waals surface area contributed by atoms with Crippen LogP contribution in [0.15, 0.2) is 23.1 Å². The predicted octanol–water partition coefficient (Wildman–Crippen LogP) is -0.374. The van der Waals surface area contributed by atoms with Crippen LogP contribution >= 0.6 is 0 Å². The maximum absolute atomic E-state index is 11.4. The Hall–Kier alpha value is -1.45. The molecular formula is C10H14N2O5S2. The Labute approximate surface area is 111 Å². The lowest BCUT2D eigenvalue weighted by atomic mass is 10.2. The zero-order chi connectivity index (χ0) is 14.8. The van der Waals surface area contributed by atoms with Gasteiger partial charge in [0.1, 0.15) is 5.75 Å². The molecular weight excluding hydrogens is 292 g/mol. The number of hydrogen-bond donors (Lipinski definition) is 2. The molecule has 0 aromatic heterocycles. The summed E-state index contributed by atoms with van der Waals surface area (Å²) in [5, 5.41) is 7.36. The van der Waals surface area contributed by atoms with Gasteiger partial charge in [0, 0.05) is 11.9 Å². The summed E-state index contributed by atoms with van der Waals surface area (Å²) in [5.41, 5.74) is 0.800. The second-order valence-corrected chi connectivity index (χ2v) is 7.84. The molecule has 106 valence electrons. The van der Waals surface area contributed by atoms with Gasteiger partial charge in [0.15, 0.2) is 9.84 Å². The van der Waals surface area contributed by atoms with Gasteiger partial charge < -0.3 is 5.32 Å². The van der Waals surface area contributed by atoms with E-state index in [1.165, 1.54) is 18.2 Å². The highest BCUT2D eigenvalue weighted by Gasteiger charge is 2.14. The molecule has 1 rings (SSSR count). The van der Waals surface area contributed by atoms with Crippen LogP contribution in [0.4, 0.5) is 5.69 Å². The zero-order valence-electron chi connectivity index (χ0n) is 10.4. The molecule has 0 aliphatic rings. The van der Waals surface area contributed by atoms with Crippen LogP contribution in [0.1, 0.15) is 5.56 Å². The van der Waals surface area contributed by atoms with Crippen molar-refractivity contribution in [3.63, 3.8) is 0 Å². The summed E-state index contributed by atoms with van der Waals surface area (Å²) in [6, 6.07) is 3.89. The minimum atomic E-state index is -3.81. The Bertz CT molecular complexity index is 707. The Kier molecular flexibility index (Phi) is 4.33. The number of benzene rings is 1. The Morgan fingerprint density at radius 2 is 1.84 bits per heavy atom. The van der Waals surface area contributed by atoms with Crippen molar-refractivity contribution in [1.29, 1.82) is 0 Å². The summed E-state index contributed by atoms with van der Waals surface area (Å²) in [6.07, 6.45) is 0.948. The van der Waals surface area contributed by atoms with Gasteiger partial charge in [-0.2, -0.15) is 0 Å². The topological polar surface area (TPSA) is 123 Å². The summed E-state index contributed by atoms with van der Waals surface area (Å²) in [7, 11) is -7.22. The average Bonchev–Trinajstić information content (AvgIpc) is 2.16. The third kappa shape index (κ3) is 4.97. The van der Waals surface area contributed by atoms with Crippen LogP contribution in [0, 0.1) is 6.92 Å². The van der Waals surface area contributed by atoms with E-state index in [4.69, 9.17) is 5.14 Å². The zero-order valence-corrected chi connectivity index (χ0v) is 12.0. The summed E-state index contributed by atoms with van der Waals surface area (Å²) in [5.74, 6) is -1.32. The van der Waals surface area contributed by atoms with Gasteiger partial charge in [0.05, 0.1) is 4.90 Å². The molecule has 0 radical (unpaired) electrons. The minimum Gasteiger partial charge on any atom is -0.325 e. The van der Waals surface area contributed by atoms with E-state index in [0.29, 0.717) is 11.3 Å². The largest absolute Gasteiger partial charge is 0.325 e. The Balaban J connectivity index is 2.96. The average molecular weight is 306 g/mol. The number of nitrogens with two attached hydrogens (primary N) is 1. The minimum absolute atomic E-state index is 0.0777. The lowest BCUT2D eigenvalue weighted by Gasteiger charge is -2.09. The van der Waals surface area contributed by atoms with Gasteiger partial charge in [-0.15, -0.1) is 0 Å². The molecule has 3 N–H and O–H groups in total. The van der Waals surface area contributed by atoms with Crippen LogP contribution in [-0.4, -0.2) is 34.8 Å². The van der Waals surface area contributed by atoms with Crippen molar-refractivity contribution < 1.29 is 21.6 Å². The molecule has 0 saturated heterocycles. The number of carbonyl (C=O) groups is 1. The van der Waals surface area contributed by atoms with Crippen LogP contribution in [0.3, 0.4) is 0 Å². The summed E-state index contributed by atoms with van der Waals surface area (Å²) in [4.78, 5) is 11.4. The molecule has 0 saturated carbocycles. The summed E-state index contributed by atoms with van der Waals surface area (Å²) >= 11 is 0. The molecule has 0 fully saturated rings. The van der Waals surface area contributed by atoms with Crippen LogP contribution in [0.25, 0.3) is 0 Å². The number of amides is 1. The number of nitrogens with one attached hydrogen (secondary N) is 1. The number of carbonyl (C=O) groups excluding carboxylic acids is 1. The highest BCUT2D eigenvalue weighted by Crippen LogP contribution is 2.18. The van der Waals surface area contributed by atoms with Gasteiger partial charge in [-0.25, -0.2) is 22.0 Å². The van der Waals surface area contributed by atoms with Crippen molar-refractivity contribution >= 4 is 31.5 Å². The molecule has 1 amide bonds. The molecule has 0 heterocycles. The van der Waals surface area contributed by atoms with E-state index in [1.54, 1.807) is 6.92 Å². The van der Waals surface area contributed by atoms with E-state index in [1.807, 2.05) is 0 Å². The first kappa shape index (κ1) is 15.6. The third-order valence-corrected chi connectivity index (χ3v) is 3.89. The second kappa shape index (κ2) is 5.27. The SMILES string of the molecule is Cc1cc(S(N)(=O)=O)ccc1NC(=O)CS(C)(=O)=O. The summed E-state index contributed by atoms with van der Waals surface area (Å²) < 4.78 is 44.1. The normalized spacial score (nSPS) is 12.2. The standard InChI is InChI=1S/C10H14N2O5S2/c1-7-5-8(19(11,16)17)3-4-9(7)12-10(13)6-18(2,14)15/h3-5H,6H2,1-2H3,(H,12,13)(H2,11,16,17). The van der Waals surface area contributed by atoms with Crippen LogP contribution in [0.5, 0.6) is 0 Å². The first-order valence-electron chi connectivity index (χ1n) is 5.10. The third-order valence-electron chi connectivity index (χ3n) is 2.19. The second-order valence-electron chi connectivity index (χ2n) is 4.14. The van der Waals surface area contributed by atoms with Gasteiger partial charge in [0.2, 0.25) is 15.9 Å².